The Morgan fingerprint density at radius 1 is 1.00 bits per heavy atom. The van der Waals surface area contributed by atoms with Gasteiger partial charge in [0, 0.05) is 6.42 Å². The molecule has 0 aliphatic rings. The summed E-state index contributed by atoms with van der Waals surface area (Å²) in [7, 11) is 1.40. The van der Waals surface area contributed by atoms with Crippen LogP contribution in [-0.2, 0) is 9.53 Å². The third kappa shape index (κ3) is 13.3. The molecule has 3 N–H and O–H groups in total. The van der Waals surface area contributed by atoms with Crippen molar-refractivity contribution >= 4 is 5.97 Å². The molecule has 3 unspecified atom stereocenters. The van der Waals surface area contributed by atoms with Crippen LogP contribution in [0.1, 0.15) is 64.7 Å². The van der Waals surface area contributed by atoms with Gasteiger partial charge in [0.2, 0.25) is 0 Å². The van der Waals surface area contributed by atoms with Gasteiger partial charge in [-0.05, 0) is 25.7 Å². The van der Waals surface area contributed by atoms with Gasteiger partial charge in [-0.2, -0.15) is 0 Å². The van der Waals surface area contributed by atoms with E-state index in [0.717, 1.165) is 38.5 Å². The number of ether oxygens (including phenoxy) is 1. The van der Waals surface area contributed by atoms with E-state index >= 15 is 0 Å². The number of carbonyl (C=O) groups excluding carboxylic acids is 1. The van der Waals surface area contributed by atoms with Crippen molar-refractivity contribution in [3.63, 3.8) is 0 Å². The summed E-state index contributed by atoms with van der Waals surface area (Å²) in [5.74, 6) is -0.165. The highest BCUT2D eigenvalue weighted by Gasteiger charge is 2.11. The predicted molar refractivity (Wildman–Crippen MR) is 95.5 cm³/mol. The molecule has 0 saturated carbocycles. The maximum Gasteiger partial charge on any atom is 0.305 e. The van der Waals surface area contributed by atoms with E-state index < -0.39 is 18.3 Å². The van der Waals surface area contributed by atoms with E-state index in [4.69, 9.17) is 0 Å². The molecule has 0 rings (SSSR count). The Morgan fingerprint density at radius 2 is 1.67 bits per heavy atom. The van der Waals surface area contributed by atoms with Crippen LogP contribution in [0.2, 0.25) is 0 Å². The molecule has 24 heavy (non-hydrogen) atoms. The molecule has 5 nitrogen and oxygen atoms in total. The number of esters is 1. The molecular weight excluding hydrogens is 308 g/mol. The first-order valence-electron chi connectivity index (χ1n) is 8.95. The summed E-state index contributed by atoms with van der Waals surface area (Å²) < 4.78 is 4.58. The molecule has 0 aromatic rings. The number of hydrogen-bond acceptors (Lipinski definition) is 5. The minimum absolute atomic E-state index is 0.165. The van der Waals surface area contributed by atoms with Gasteiger partial charge in [0.25, 0.3) is 0 Å². The zero-order valence-electron chi connectivity index (χ0n) is 15.1. The van der Waals surface area contributed by atoms with E-state index in [0.29, 0.717) is 19.3 Å². The highest BCUT2D eigenvalue weighted by Crippen LogP contribution is 2.10. The molecule has 3 atom stereocenters. The first kappa shape index (κ1) is 22.8. The van der Waals surface area contributed by atoms with E-state index in [1.54, 1.807) is 6.08 Å². The van der Waals surface area contributed by atoms with Crippen LogP contribution in [0.3, 0.4) is 0 Å². The standard InChI is InChI=1S/C19H34O5/c1-3-4-8-12-17(21)18(22)15-14-16(20)11-9-6-5-7-10-13-19(23)24-2/h4,8,14-18,20-22H,3,5-7,9-13H2,1-2H3/b8-4-,15-14+. The SMILES string of the molecule is CC/C=C\CC(O)C(O)/C=C/C(O)CCCCCCCC(=O)OC. The Hall–Kier alpha value is -1.17. The van der Waals surface area contributed by atoms with Crippen molar-refractivity contribution in [1.82, 2.24) is 0 Å². The van der Waals surface area contributed by atoms with E-state index in [1.165, 1.54) is 13.2 Å². The molecule has 140 valence electrons. The van der Waals surface area contributed by atoms with Crippen molar-refractivity contribution in [1.29, 1.82) is 0 Å². The fourth-order valence-electron chi connectivity index (χ4n) is 2.26. The monoisotopic (exact) mass is 342 g/mol. The summed E-state index contributed by atoms with van der Waals surface area (Å²) >= 11 is 0. The fraction of sp³-hybridized carbons (Fsp3) is 0.737. The lowest BCUT2D eigenvalue weighted by molar-refractivity contribution is -0.140. The van der Waals surface area contributed by atoms with Gasteiger partial charge in [-0.3, -0.25) is 4.79 Å². The molecule has 0 heterocycles. The highest BCUT2D eigenvalue weighted by molar-refractivity contribution is 5.68. The second-order valence-electron chi connectivity index (χ2n) is 6.01. The molecular formula is C19H34O5. The maximum absolute atomic E-state index is 10.9. The van der Waals surface area contributed by atoms with E-state index in [1.807, 2.05) is 19.1 Å². The summed E-state index contributed by atoms with van der Waals surface area (Å²) in [5, 5.41) is 29.4. The molecule has 0 spiro atoms. The molecule has 0 aliphatic heterocycles. The average molecular weight is 342 g/mol. The Labute approximate surface area is 146 Å². The van der Waals surface area contributed by atoms with Crippen molar-refractivity contribution in [2.24, 2.45) is 0 Å². The largest absolute Gasteiger partial charge is 0.469 e. The Bertz CT molecular complexity index is 365. The minimum Gasteiger partial charge on any atom is -0.469 e. The van der Waals surface area contributed by atoms with Crippen LogP contribution in [0, 0.1) is 0 Å². The lowest BCUT2D eigenvalue weighted by Gasteiger charge is -2.13. The van der Waals surface area contributed by atoms with Crippen LogP contribution in [0.25, 0.3) is 0 Å². The van der Waals surface area contributed by atoms with E-state index in [9.17, 15) is 20.1 Å². The number of hydrogen-bond donors (Lipinski definition) is 3. The van der Waals surface area contributed by atoms with Crippen LogP contribution in [0.5, 0.6) is 0 Å². The first-order valence-corrected chi connectivity index (χ1v) is 8.95. The van der Waals surface area contributed by atoms with Gasteiger partial charge in [0.05, 0.1) is 25.4 Å². The van der Waals surface area contributed by atoms with Crippen molar-refractivity contribution in [2.45, 2.75) is 83.0 Å². The number of carbonyl (C=O) groups is 1. The van der Waals surface area contributed by atoms with Gasteiger partial charge in [0.1, 0.15) is 0 Å². The summed E-state index contributed by atoms with van der Waals surface area (Å²) in [6, 6.07) is 0. The molecule has 0 fully saturated rings. The van der Waals surface area contributed by atoms with Crippen LogP contribution in [-0.4, -0.2) is 46.7 Å². The first-order chi connectivity index (χ1) is 11.5. The Morgan fingerprint density at radius 3 is 2.33 bits per heavy atom. The van der Waals surface area contributed by atoms with Crippen molar-refractivity contribution in [3.8, 4) is 0 Å². The predicted octanol–water partition coefficient (Wildman–Crippen LogP) is 2.89. The smallest absolute Gasteiger partial charge is 0.305 e. The molecule has 0 radical (unpaired) electrons. The van der Waals surface area contributed by atoms with Crippen molar-refractivity contribution < 1.29 is 24.9 Å². The molecule has 0 amide bonds. The minimum atomic E-state index is -0.959. The van der Waals surface area contributed by atoms with Crippen LogP contribution in [0.15, 0.2) is 24.3 Å². The molecule has 5 heteroatoms. The van der Waals surface area contributed by atoms with Gasteiger partial charge in [-0.25, -0.2) is 0 Å². The van der Waals surface area contributed by atoms with Gasteiger partial charge >= 0.3 is 5.97 Å². The molecule has 0 aromatic heterocycles. The highest BCUT2D eigenvalue weighted by atomic mass is 16.5. The maximum atomic E-state index is 10.9. The topological polar surface area (TPSA) is 87.0 Å². The lowest BCUT2D eigenvalue weighted by atomic mass is 10.0. The molecule has 0 bridgehead atoms. The van der Waals surface area contributed by atoms with Gasteiger partial charge in [-0.1, -0.05) is 56.9 Å². The van der Waals surface area contributed by atoms with Crippen molar-refractivity contribution in [2.75, 3.05) is 7.11 Å². The van der Waals surface area contributed by atoms with Crippen LogP contribution < -0.4 is 0 Å². The Kier molecular flexibility index (Phi) is 14.6. The van der Waals surface area contributed by atoms with Crippen LogP contribution >= 0.6 is 0 Å². The average Bonchev–Trinajstić information content (AvgIpc) is 2.58. The number of allylic oxidation sites excluding steroid dienone is 1. The van der Waals surface area contributed by atoms with E-state index in [-0.39, 0.29) is 5.97 Å². The summed E-state index contributed by atoms with van der Waals surface area (Å²) in [6.45, 7) is 2.01. The van der Waals surface area contributed by atoms with Gasteiger partial charge < -0.3 is 20.1 Å². The normalized spacial score (nSPS) is 15.7. The number of unbranched alkanes of at least 4 members (excludes halogenated alkanes) is 4. The number of methoxy groups -OCH3 is 1. The molecule has 0 aromatic carbocycles. The zero-order chi connectivity index (χ0) is 18.2. The summed E-state index contributed by atoms with van der Waals surface area (Å²) in [6.07, 6.45) is 11.5. The number of aliphatic hydroxyl groups excluding tert-OH is 3. The quantitative estimate of drug-likeness (QED) is 0.257. The van der Waals surface area contributed by atoms with Crippen LogP contribution in [0.4, 0.5) is 0 Å². The number of rotatable bonds is 14. The van der Waals surface area contributed by atoms with Gasteiger partial charge in [-0.15, -0.1) is 0 Å². The van der Waals surface area contributed by atoms with Gasteiger partial charge in [0.15, 0.2) is 0 Å². The number of aliphatic hydroxyl groups is 3. The second-order valence-corrected chi connectivity index (χ2v) is 6.01. The lowest BCUT2D eigenvalue weighted by Crippen LogP contribution is -2.23. The second kappa shape index (κ2) is 15.4. The molecule has 0 saturated heterocycles. The summed E-state index contributed by atoms with van der Waals surface area (Å²) in [5.41, 5.74) is 0. The Balaban J connectivity index is 3.71. The zero-order valence-corrected chi connectivity index (χ0v) is 15.1. The third-order valence-electron chi connectivity index (χ3n) is 3.81. The van der Waals surface area contributed by atoms with E-state index in [2.05, 4.69) is 4.74 Å². The fourth-order valence-corrected chi connectivity index (χ4v) is 2.26. The third-order valence-corrected chi connectivity index (χ3v) is 3.81. The summed E-state index contributed by atoms with van der Waals surface area (Å²) in [4.78, 5) is 10.9. The van der Waals surface area contributed by atoms with Crippen molar-refractivity contribution in [3.05, 3.63) is 24.3 Å². The molecule has 0 aliphatic carbocycles.